The Morgan fingerprint density at radius 3 is 2.64 bits per heavy atom. The molecule has 2 N–H and O–H groups in total. The summed E-state index contributed by atoms with van der Waals surface area (Å²) in [6.07, 6.45) is 0. The summed E-state index contributed by atoms with van der Waals surface area (Å²) in [5.41, 5.74) is 6.51. The highest BCUT2D eigenvalue weighted by Gasteiger charge is 2.17. The van der Waals surface area contributed by atoms with Gasteiger partial charge in [0.15, 0.2) is 0 Å². The third kappa shape index (κ3) is 3.93. The van der Waals surface area contributed by atoms with Gasteiger partial charge in [0.25, 0.3) is 5.91 Å². The van der Waals surface area contributed by atoms with Gasteiger partial charge in [0.1, 0.15) is 5.69 Å². The van der Waals surface area contributed by atoms with Crippen LogP contribution in [0.1, 0.15) is 34.4 Å². The van der Waals surface area contributed by atoms with Crippen molar-refractivity contribution in [1.82, 2.24) is 25.3 Å². The molecule has 0 saturated carbocycles. The molecule has 0 bridgehead atoms. The van der Waals surface area contributed by atoms with Crippen molar-refractivity contribution in [3.05, 3.63) is 53.0 Å². The van der Waals surface area contributed by atoms with Crippen molar-refractivity contribution < 1.29 is 4.79 Å². The molecule has 3 rings (SSSR count). The molecule has 7 heteroatoms. The van der Waals surface area contributed by atoms with Gasteiger partial charge in [-0.25, -0.2) is 0 Å². The van der Waals surface area contributed by atoms with Gasteiger partial charge in [-0.05, 0) is 45.4 Å². The summed E-state index contributed by atoms with van der Waals surface area (Å²) in [7, 11) is 1.90. The predicted molar refractivity (Wildman–Crippen MR) is 112 cm³/mol. The molecule has 0 fully saturated rings. The van der Waals surface area contributed by atoms with E-state index < -0.39 is 0 Å². The molecule has 0 aliphatic heterocycles. The van der Waals surface area contributed by atoms with Crippen LogP contribution in [0.3, 0.4) is 0 Å². The smallest absolute Gasteiger partial charge is 0.269 e. The maximum absolute atomic E-state index is 12.5. The lowest BCUT2D eigenvalue weighted by Gasteiger charge is -2.25. The zero-order valence-electron chi connectivity index (χ0n) is 17.2. The van der Waals surface area contributed by atoms with E-state index in [1.165, 1.54) is 11.3 Å². The molecule has 0 aliphatic carbocycles. The summed E-state index contributed by atoms with van der Waals surface area (Å²) in [6.45, 7) is 10.3. The lowest BCUT2D eigenvalue weighted by molar-refractivity contribution is 0.0949. The fourth-order valence-electron chi connectivity index (χ4n) is 3.48. The van der Waals surface area contributed by atoms with Gasteiger partial charge in [-0.1, -0.05) is 18.2 Å². The molecular weight excluding hydrogens is 352 g/mol. The summed E-state index contributed by atoms with van der Waals surface area (Å²) in [5.74, 6) is -0.154. The van der Waals surface area contributed by atoms with E-state index in [1.807, 2.05) is 37.7 Å². The Hall–Kier alpha value is -3.09. The number of hydrogen-bond acceptors (Lipinski definition) is 4. The highest BCUT2D eigenvalue weighted by atomic mass is 16.1. The Bertz CT molecular complexity index is 971. The molecule has 2 heterocycles. The number of amides is 1. The number of para-hydroxylation sites is 1. The number of H-pyrrole nitrogens is 1. The lowest BCUT2D eigenvalue weighted by atomic mass is 10.1. The molecule has 28 heavy (non-hydrogen) atoms. The number of rotatable bonds is 7. The van der Waals surface area contributed by atoms with Crippen LogP contribution in [0.5, 0.6) is 0 Å². The SMILES string of the molecule is CCN(CCNC(=O)c1cc(-c2c(C)nn(C)c2C)n[nH]1)c1ccccc1C. The zero-order valence-corrected chi connectivity index (χ0v) is 17.2. The minimum atomic E-state index is -0.154. The van der Waals surface area contributed by atoms with Crippen molar-refractivity contribution in [3.63, 3.8) is 0 Å². The van der Waals surface area contributed by atoms with E-state index in [-0.39, 0.29) is 5.91 Å². The van der Waals surface area contributed by atoms with Crippen molar-refractivity contribution in [1.29, 1.82) is 0 Å². The number of aromatic amines is 1. The Morgan fingerprint density at radius 1 is 1.25 bits per heavy atom. The van der Waals surface area contributed by atoms with E-state index in [0.29, 0.717) is 12.2 Å². The number of nitrogens with zero attached hydrogens (tertiary/aromatic N) is 4. The van der Waals surface area contributed by atoms with Crippen molar-refractivity contribution in [2.75, 3.05) is 24.5 Å². The quantitative estimate of drug-likeness (QED) is 0.660. The summed E-state index contributed by atoms with van der Waals surface area (Å²) >= 11 is 0. The number of aryl methyl sites for hydroxylation is 3. The number of hydrogen-bond donors (Lipinski definition) is 2. The fraction of sp³-hybridized carbons (Fsp3) is 0.381. The second kappa shape index (κ2) is 8.29. The first-order valence-corrected chi connectivity index (χ1v) is 9.57. The van der Waals surface area contributed by atoms with Gasteiger partial charge in [0.05, 0.1) is 11.4 Å². The van der Waals surface area contributed by atoms with Crippen LogP contribution in [0.2, 0.25) is 0 Å². The molecule has 7 nitrogen and oxygen atoms in total. The topological polar surface area (TPSA) is 78.8 Å². The number of likely N-dealkylation sites (N-methyl/N-ethyl adjacent to an activating group) is 1. The maximum atomic E-state index is 12.5. The Balaban J connectivity index is 1.63. The predicted octanol–water partition coefficient (Wildman–Crippen LogP) is 2.99. The molecule has 0 unspecified atom stereocenters. The van der Waals surface area contributed by atoms with Crippen LogP contribution in [-0.4, -0.2) is 45.5 Å². The minimum absolute atomic E-state index is 0.154. The average Bonchev–Trinajstić information content (AvgIpc) is 3.24. The van der Waals surface area contributed by atoms with Crippen LogP contribution in [0.25, 0.3) is 11.3 Å². The second-order valence-electron chi connectivity index (χ2n) is 6.96. The monoisotopic (exact) mass is 380 g/mol. The van der Waals surface area contributed by atoms with E-state index in [9.17, 15) is 4.79 Å². The summed E-state index contributed by atoms with van der Waals surface area (Å²) in [5, 5.41) is 14.6. The highest BCUT2D eigenvalue weighted by molar-refractivity contribution is 5.93. The van der Waals surface area contributed by atoms with Crippen LogP contribution in [-0.2, 0) is 7.05 Å². The van der Waals surface area contributed by atoms with Crippen molar-refractivity contribution in [2.24, 2.45) is 7.05 Å². The Kier molecular flexibility index (Phi) is 5.82. The first-order valence-electron chi connectivity index (χ1n) is 9.57. The highest BCUT2D eigenvalue weighted by Crippen LogP contribution is 2.25. The fourth-order valence-corrected chi connectivity index (χ4v) is 3.48. The van der Waals surface area contributed by atoms with Gasteiger partial charge in [-0.3, -0.25) is 14.6 Å². The summed E-state index contributed by atoms with van der Waals surface area (Å²) < 4.78 is 1.82. The molecule has 0 spiro atoms. The van der Waals surface area contributed by atoms with Crippen molar-refractivity contribution in [2.45, 2.75) is 27.7 Å². The van der Waals surface area contributed by atoms with Crippen molar-refractivity contribution in [3.8, 4) is 11.3 Å². The van der Waals surface area contributed by atoms with Crippen LogP contribution >= 0.6 is 0 Å². The van der Waals surface area contributed by atoms with Crippen molar-refractivity contribution >= 4 is 11.6 Å². The van der Waals surface area contributed by atoms with Gasteiger partial charge < -0.3 is 10.2 Å². The molecule has 148 valence electrons. The number of aromatic nitrogens is 4. The Morgan fingerprint density at radius 2 is 2.00 bits per heavy atom. The number of carbonyl (C=O) groups is 1. The van der Waals surface area contributed by atoms with Gasteiger partial charge in [0, 0.05) is 43.6 Å². The largest absolute Gasteiger partial charge is 0.370 e. The standard InChI is InChI=1S/C21H28N6O/c1-6-27(19-10-8-7-9-14(19)2)12-11-22-21(28)18-13-17(23-24-18)20-15(3)25-26(5)16(20)4/h7-10,13H,6,11-12H2,1-5H3,(H,22,28)(H,23,24). The second-order valence-corrected chi connectivity index (χ2v) is 6.96. The molecule has 0 saturated heterocycles. The van der Waals surface area contributed by atoms with Crippen LogP contribution in [0.15, 0.2) is 30.3 Å². The summed E-state index contributed by atoms with van der Waals surface area (Å²) in [4.78, 5) is 14.8. The minimum Gasteiger partial charge on any atom is -0.370 e. The lowest BCUT2D eigenvalue weighted by Crippen LogP contribution is -2.35. The number of nitrogens with one attached hydrogen (secondary N) is 2. The number of carbonyl (C=O) groups excluding carboxylic acids is 1. The van der Waals surface area contributed by atoms with E-state index in [1.54, 1.807) is 6.07 Å². The van der Waals surface area contributed by atoms with E-state index in [4.69, 9.17) is 0 Å². The third-order valence-corrected chi connectivity index (χ3v) is 5.09. The molecule has 0 radical (unpaired) electrons. The first kappa shape index (κ1) is 19.7. The Labute approximate surface area is 165 Å². The van der Waals surface area contributed by atoms with Crippen LogP contribution in [0.4, 0.5) is 5.69 Å². The molecule has 0 atom stereocenters. The van der Waals surface area contributed by atoms with Gasteiger partial charge >= 0.3 is 0 Å². The van der Waals surface area contributed by atoms with Gasteiger partial charge in [0.2, 0.25) is 0 Å². The number of anilines is 1. The first-order chi connectivity index (χ1) is 13.4. The normalized spacial score (nSPS) is 10.9. The van der Waals surface area contributed by atoms with Gasteiger partial charge in [-0.15, -0.1) is 0 Å². The van der Waals surface area contributed by atoms with E-state index >= 15 is 0 Å². The molecule has 3 aromatic rings. The van der Waals surface area contributed by atoms with E-state index in [0.717, 1.165) is 35.7 Å². The van der Waals surface area contributed by atoms with E-state index in [2.05, 4.69) is 51.5 Å². The molecule has 2 aromatic heterocycles. The molecule has 1 amide bonds. The molecule has 1 aromatic carbocycles. The maximum Gasteiger partial charge on any atom is 0.269 e. The summed E-state index contributed by atoms with van der Waals surface area (Å²) in [6, 6.07) is 10.1. The van der Waals surface area contributed by atoms with Crippen LogP contribution in [0, 0.1) is 20.8 Å². The molecule has 0 aliphatic rings. The number of benzene rings is 1. The van der Waals surface area contributed by atoms with Crippen LogP contribution < -0.4 is 10.2 Å². The average molecular weight is 380 g/mol. The molecular formula is C21H28N6O. The van der Waals surface area contributed by atoms with Gasteiger partial charge in [-0.2, -0.15) is 10.2 Å². The third-order valence-electron chi connectivity index (χ3n) is 5.09. The zero-order chi connectivity index (χ0) is 20.3.